The van der Waals surface area contributed by atoms with Crippen molar-refractivity contribution in [2.75, 3.05) is 0 Å². The molecule has 0 aromatic carbocycles. The van der Waals surface area contributed by atoms with Crippen LogP contribution < -0.4 is 5.32 Å². The highest BCUT2D eigenvalue weighted by molar-refractivity contribution is 5.56. The van der Waals surface area contributed by atoms with E-state index in [0.29, 0.717) is 6.04 Å². The van der Waals surface area contributed by atoms with E-state index in [1.807, 2.05) is 25.3 Å². The first-order valence-electron chi connectivity index (χ1n) is 8.05. The van der Waals surface area contributed by atoms with Gasteiger partial charge >= 0.3 is 0 Å². The molecule has 1 saturated carbocycles. The van der Waals surface area contributed by atoms with Crippen molar-refractivity contribution in [3.63, 3.8) is 0 Å². The van der Waals surface area contributed by atoms with Crippen LogP contribution in [-0.2, 0) is 6.54 Å². The summed E-state index contributed by atoms with van der Waals surface area (Å²) in [4.78, 5) is 0. The molecular formula is C17H25N3O. The molecule has 1 fully saturated rings. The van der Waals surface area contributed by atoms with Crippen LogP contribution in [0.25, 0.3) is 11.5 Å². The Labute approximate surface area is 126 Å². The van der Waals surface area contributed by atoms with Crippen molar-refractivity contribution in [1.29, 1.82) is 0 Å². The highest BCUT2D eigenvalue weighted by atomic mass is 16.3. The molecule has 114 valence electrons. The minimum Gasteiger partial charge on any atom is -0.460 e. The van der Waals surface area contributed by atoms with Crippen LogP contribution in [0.15, 0.2) is 22.7 Å². The number of aromatic amines is 1. The number of H-pyrrole nitrogens is 1. The van der Waals surface area contributed by atoms with E-state index in [4.69, 9.17) is 4.42 Å². The number of hydrogen-bond donors (Lipinski definition) is 2. The van der Waals surface area contributed by atoms with Crippen molar-refractivity contribution < 1.29 is 4.42 Å². The lowest BCUT2D eigenvalue weighted by Gasteiger charge is -2.16. The first-order chi connectivity index (χ1) is 10.2. The maximum Gasteiger partial charge on any atom is 0.152 e. The lowest BCUT2D eigenvalue weighted by atomic mass is 10.0. The molecule has 2 atom stereocenters. The number of aromatic nitrogens is 2. The van der Waals surface area contributed by atoms with Crippen LogP contribution in [0, 0.1) is 12.8 Å². The van der Waals surface area contributed by atoms with Crippen LogP contribution in [-0.4, -0.2) is 16.2 Å². The van der Waals surface area contributed by atoms with E-state index in [9.17, 15) is 0 Å². The fourth-order valence-corrected chi connectivity index (χ4v) is 3.17. The third kappa shape index (κ3) is 3.56. The van der Waals surface area contributed by atoms with Crippen molar-refractivity contribution in [2.24, 2.45) is 5.92 Å². The molecule has 0 spiro atoms. The number of hydrogen-bond acceptors (Lipinski definition) is 3. The highest BCUT2D eigenvalue weighted by Crippen LogP contribution is 2.25. The fraction of sp³-hybridized carbons (Fsp3) is 0.588. The van der Waals surface area contributed by atoms with Gasteiger partial charge in [0.2, 0.25) is 0 Å². The summed E-state index contributed by atoms with van der Waals surface area (Å²) < 4.78 is 5.70. The number of furan rings is 1. The molecule has 21 heavy (non-hydrogen) atoms. The Bertz CT molecular complexity index is 572. The average molecular weight is 287 g/mol. The van der Waals surface area contributed by atoms with E-state index in [2.05, 4.69) is 22.4 Å². The molecule has 2 aromatic rings. The Morgan fingerprint density at radius 2 is 2.19 bits per heavy atom. The van der Waals surface area contributed by atoms with Gasteiger partial charge in [0.05, 0.1) is 6.20 Å². The molecule has 2 unspecified atom stereocenters. The molecule has 0 aliphatic heterocycles. The Morgan fingerprint density at radius 1 is 1.29 bits per heavy atom. The smallest absolute Gasteiger partial charge is 0.152 e. The number of aryl methyl sites for hydroxylation is 1. The van der Waals surface area contributed by atoms with E-state index < -0.39 is 0 Å². The third-order valence-corrected chi connectivity index (χ3v) is 4.54. The van der Waals surface area contributed by atoms with Gasteiger partial charge < -0.3 is 9.73 Å². The normalized spacial score (nSPS) is 23.1. The summed E-state index contributed by atoms with van der Waals surface area (Å²) in [6, 6.07) is 4.62. The predicted molar refractivity (Wildman–Crippen MR) is 83.9 cm³/mol. The van der Waals surface area contributed by atoms with Gasteiger partial charge in [-0.3, -0.25) is 5.10 Å². The molecule has 1 aliphatic rings. The fourth-order valence-electron chi connectivity index (χ4n) is 3.17. The molecular weight excluding hydrogens is 262 g/mol. The summed E-state index contributed by atoms with van der Waals surface area (Å²) in [5, 5.41) is 10.9. The van der Waals surface area contributed by atoms with Crippen LogP contribution in [0.2, 0.25) is 0 Å². The zero-order valence-corrected chi connectivity index (χ0v) is 13.0. The van der Waals surface area contributed by atoms with Crippen LogP contribution in [0.3, 0.4) is 0 Å². The van der Waals surface area contributed by atoms with Crippen LogP contribution >= 0.6 is 0 Å². The minimum atomic E-state index is 0.635. The monoisotopic (exact) mass is 287 g/mol. The molecule has 4 nitrogen and oxygen atoms in total. The van der Waals surface area contributed by atoms with E-state index in [1.54, 1.807) is 0 Å². The van der Waals surface area contributed by atoms with Crippen molar-refractivity contribution in [2.45, 2.75) is 58.5 Å². The molecule has 1 aliphatic carbocycles. The lowest BCUT2D eigenvalue weighted by Crippen LogP contribution is -2.28. The van der Waals surface area contributed by atoms with E-state index in [-0.39, 0.29) is 0 Å². The molecule has 2 N–H and O–H groups in total. The van der Waals surface area contributed by atoms with Gasteiger partial charge in [0.1, 0.15) is 11.5 Å². The van der Waals surface area contributed by atoms with Crippen LogP contribution in [0.5, 0.6) is 0 Å². The van der Waals surface area contributed by atoms with Crippen molar-refractivity contribution in [3.8, 4) is 11.5 Å². The maximum atomic E-state index is 5.70. The summed E-state index contributed by atoms with van der Waals surface area (Å²) >= 11 is 0. The van der Waals surface area contributed by atoms with Crippen LogP contribution in [0.4, 0.5) is 0 Å². The molecule has 0 bridgehead atoms. The minimum absolute atomic E-state index is 0.635. The Morgan fingerprint density at radius 3 is 3.00 bits per heavy atom. The summed E-state index contributed by atoms with van der Waals surface area (Å²) in [6.07, 6.45) is 8.54. The number of nitrogens with one attached hydrogen (secondary N) is 2. The molecule has 3 rings (SSSR count). The largest absolute Gasteiger partial charge is 0.460 e. The zero-order chi connectivity index (χ0) is 14.7. The lowest BCUT2D eigenvalue weighted by molar-refractivity contribution is 0.447. The predicted octanol–water partition coefficient (Wildman–Crippen LogP) is 4.04. The first kappa shape index (κ1) is 14.4. The molecule has 0 radical (unpaired) electrons. The molecule has 4 heteroatoms. The highest BCUT2D eigenvalue weighted by Gasteiger charge is 2.17. The van der Waals surface area contributed by atoms with Gasteiger partial charge in [0.25, 0.3) is 0 Å². The molecule has 2 aromatic heterocycles. The van der Waals surface area contributed by atoms with Gasteiger partial charge in [0.15, 0.2) is 5.76 Å². The standard InChI is InChI=1S/C17H25N3O/c1-12-4-3-5-15(8-6-12)18-10-14-11-19-20-17(14)16-9-7-13(2)21-16/h7,9,11-12,15,18H,3-6,8,10H2,1-2H3,(H,19,20). The van der Waals surface area contributed by atoms with Gasteiger partial charge in [-0.2, -0.15) is 5.10 Å². The average Bonchev–Trinajstić information content (AvgIpc) is 3.04. The van der Waals surface area contributed by atoms with Crippen molar-refractivity contribution >= 4 is 0 Å². The second-order valence-corrected chi connectivity index (χ2v) is 6.37. The zero-order valence-electron chi connectivity index (χ0n) is 13.0. The Balaban J connectivity index is 1.62. The molecule has 0 amide bonds. The van der Waals surface area contributed by atoms with Gasteiger partial charge in [-0.1, -0.05) is 19.8 Å². The SMILES string of the molecule is Cc1ccc(-c2[nH]ncc2CNC2CCCC(C)CC2)o1. The van der Waals surface area contributed by atoms with Crippen molar-refractivity contribution in [1.82, 2.24) is 15.5 Å². The Hall–Kier alpha value is -1.55. The summed E-state index contributed by atoms with van der Waals surface area (Å²) in [7, 11) is 0. The molecule has 2 heterocycles. The van der Waals surface area contributed by atoms with Gasteiger partial charge in [-0.05, 0) is 44.2 Å². The van der Waals surface area contributed by atoms with E-state index >= 15 is 0 Å². The summed E-state index contributed by atoms with van der Waals surface area (Å²) in [5.74, 6) is 2.68. The first-order valence-corrected chi connectivity index (χ1v) is 8.05. The maximum absolute atomic E-state index is 5.70. The van der Waals surface area contributed by atoms with Crippen LogP contribution in [0.1, 0.15) is 50.4 Å². The third-order valence-electron chi connectivity index (χ3n) is 4.54. The Kier molecular flexibility index (Phi) is 4.44. The summed E-state index contributed by atoms with van der Waals surface area (Å²) in [5.41, 5.74) is 2.18. The topological polar surface area (TPSA) is 53.9 Å². The van der Waals surface area contributed by atoms with E-state index in [1.165, 1.54) is 37.7 Å². The second kappa shape index (κ2) is 6.48. The quantitative estimate of drug-likeness (QED) is 0.835. The number of nitrogens with zero attached hydrogens (tertiary/aromatic N) is 1. The van der Waals surface area contributed by atoms with Gasteiger partial charge in [-0.15, -0.1) is 0 Å². The van der Waals surface area contributed by atoms with Gasteiger partial charge in [0, 0.05) is 18.2 Å². The van der Waals surface area contributed by atoms with Gasteiger partial charge in [-0.25, -0.2) is 0 Å². The van der Waals surface area contributed by atoms with E-state index in [0.717, 1.165) is 29.7 Å². The summed E-state index contributed by atoms with van der Waals surface area (Å²) in [6.45, 7) is 5.19. The number of rotatable bonds is 4. The second-order valence-electron chi connectivity index (χ2n) is 6.37. The van der Waals surface area contributed by atoms with Crippen molar-refractivity contribution in [3.05, 3.63) is 29.7 Å². The molecule has 0 saturated heterocycles.